The first-order valence-corrected chi connectivity index (χ1v) is 6.33. The second-order valence-corrected chi connectivity index (χ2v) is 4.81. The van der Waals surface area contributed by atoms with Crippen LogP contribution in [0.1, 0.15) is 19.4 Å². The number of hydrogen-bond donors (Lipinski definition) is 0. The Hall–Kier alpha value is -2.02. The molecule has 0 spiro atoms. The monoisotopic (exact) mass is 254 g/mol. The summed E-state index contributed by atoms with van der Waals surface area (Å²) in [6.45, 7) is 11.9. The predicted octanol–water partition coefficient (Wildman–Crippen LogP) is 4.83. The van der Waals surface area contributed by atoms with Crippen LogP contribution < -0.4 is 4.74 Å². The summed E-state index contributed by atoms with van der Waals surface area (Å²) >= 11 is 0. The van der Waals surface area contributed by atoms with E-state index < -0.39 is 0 Å². The van der Waals surface area contributed by atoms with Crippen LogP contribution in [-0.4, -0.2) is 7.11 Å². The summed E-state index contributed by atoms with van der Waals surface area (Å²) in [7, 11) is 1.68. The van der Waals surface area contributed by atoms with Gasteiger partial charge in [0, 0.05) is 5.41 Å². The lowest BCUT2D eigenvalue weighted by Crippen LogP contribution is -2.19. The number of ether oxygens (including phenoxy) is 1. The zero-order valence-electron chi connectivity index (χ0n) is 12.0. The Morgan fingerprint density at radius 1 is 1.11 bits per heavy atom. The molecule has 0 aliphatic heterocycles. The fourth-order valence-electron chi connectivity index (χ4n) is 1.95. The van der Waals surface area contributed by atoms with Gasteiger partial charge in [-0.2, -0.15) is 0 Å². The Morgan fingerprint density at radius 2 is 1.74 bits per heavy atom. The average Bonchev–Trinajstić information content (AvgIpc) is 2.43. The summed E-state index contributed by atoms with van der Waals surface area (Å²) in [6, 6.07) is 8.16. The molecular weight excluding hydrogens is 232 g/mol. The summed E-state index contributed by atoms with van der Waals surface area (Å²) in [5.74, 6) is 0.871. The topological polar surface area (TPSA) is 9.23 Å². The van der Waals surface area contributed by atoms with Gasteiger partial charge < -0.3 is 4.74 Å². The van der Waals surface area contributed by atoms with Crippen molar-refractivity contribution in [2.45, 2.75) is 19.3 Å². The van der Waals surface area contributed by atoms with Crippen molar-refractivity contribution < 1.29 is 4.74 Å². The van der Waals surface area contributed by atoms with Gasteiger partial charge in [0.2, 0.25) is 0 Å². The van der Waals surface area contributed by atoms with Crippen LogP contribution in [0, 0.1) is 0 Å². The van der Waals surface area contributed by atoms with E-state index in [0.717, 1.165) is 5.75 Å². The van der Waals surface area contributed by atoms with E-state index in [1.807, 2.05) is 30.4 Å². The number of allylic oxidation sites excluding steroid dienone is 6. The summed E-state index contributed by atoms with van der Waals surface area (Å²) in [4.78, 5) is 0. The summed E-state index contributed by atoms with van der Waals surface area (Å²) < 4.78 is 5.20. The molecule has 0 unspecified atom stereocenters. The van der Waals surface area contributed by atoms with Crippen molar-refractivity contribution in [3.05, 3.63) is 78.9 Å². The summed E-state index contributed by atoms with van der Waals surface area (Å²) in [5.41, 5.74) is 2.32. The van der Waals surface area contributed by atoms with Crippen LogP contribution in [-0.2, 0) is 5.41 Å². The molecule has 0 heterocycles. The average molecular weight is 254 g/mol. The van der Waals surface area contributed by atoms with Crippen LogP contribution in [0.5, 0.6) is 5.75 Å². The molecule has 0 amide bonds. The van der Waals surface area contributed by atoms with Crippen molar-refractivity contribution in [1.29, 1.82) is 0 Å². The van der Waals surface area contributed by atoms with Gasteiger partial charge in [0.25, 0.3) is 0 Å². The number of benzene rings is 1. The first-order valence-electron chi connectivity index (χ1n) is 6.33. The fraction of sp³-hybridized carbons (Fsp3) is 0.222. The van der Waals surface area contributed by atoms with E-state index in [1.165, 1.54) is 11.1 Å². The minimum atomic E-state index is -0.0973. The minimum Gasteiger partial charge on any atom is -0.497 e. The van der Waals surface area contributed by atoms with Gasteiger partial charge >= 0.3 is 0 Å². The molecule has 1 aromatic carbocycles. The third-order valence-corrected chi connectivity index (χ3v) is 3.24. The van der Waals surface area contributed by atoms with Crippen molar-refractivity contribution in [1.82, 2.24) is 0 Å². The summed E-state index contributed by atoms with van der Waals surface area (Å²) in [6.07, 6.45) is 9.64. The molecule has 100 valence electrons. The van der Waals surface area contributed by atoms with Gasteiger partial charge in [-0.05, 0) is 23.3 Å². The molecule has 0 aliphatic carbocycles. The second-order valence-electron chi connectivity index (χ2n) is 4.81. The molecule has 0 aliphatic rings. The van der Waals surface area contributed by atoms with E-state index >= 15 is 0 Å². The van der Waals surface area contributed by atoms with Crippen LogP contribution in [0.15, 0.2) is 73.4 Å². The molecule has 0 saturated carbocycles. The first-order chi connectivity index (χ1) is 9.06. The van der Waals surface area contributed by atoms with E-state index in [4.69, 9.17) is 4.74 Å². The van der Waals surface area contributed by atoms with Gasteiger partial charge in [0.1, 0.15) is 5.75 Å². The standard InChI is InChI=1S/C18H22O/c1-6-8-10-15(9-7-2)18(3,4)16-11-13-17(19-5)14-12-16/h6-14H,1-2H2,3-5H3/b10-8-,15-9+. The molecule has 1 heteroatoms. The van der Waals surface area contributed by atoms with Crippen LogP contribution >= 0.6 is 0 Å². The molecule has 0 saturated heterocycles. The maximum absolute atomic E-state index is 5.20. The molecule has 1 nitrogen and oxygen atoms in total. The third kappa shape index (κ3) is 3.72. The highest BCUT2D eigenvalue weighted by atomic mass is 16.5. The zero-order valence-corrected chi connectivity index (χ0v) is 12.0. The van der Waals surface area contributed by atoms with Gasteiger partial charge in [-0.3, -0.25) is 0 Å². The van der Waals surface area contributed by atoms with E-state index in [9.17, 15) is 0 Å². The lowest BCUT2D eigenvalue weighted by atomic mass is 9.77. The SMILES string of the molecule is C=C/C=C\C(=C/C=C)C(C)(C)c1ccc(OC)cc1. The molecule has 1 aromatic rings. The molecular formula is C18H22O. The van der Waals surface area contributed by atoms with Crippen molar-refractivity contribution in [2.75, 3.05) is 7.11 Å². The van der Waals surface area contributed by atoms with Crippen LogP contribution in [0.2, 0.25) is 0 Å². The lowest BCUT2D eigenvalue weighted by Gasteiger charge is -2.27. The maximum Gasteiger partial charge on any atom is 0.118 e. The normalized spacial score (nSPS) is 12.5. The molecule has 0 aromatic heterocycles. The van der Waals surface area contributed by atoms with E-state index in [0.29, 0.717) is 0 Å². The van der Waals surface area contributed by atoms with Gasteiger partial charge in [-0.25, -0.2) is 0 Å². The second kappa shape index (κ2) is 6.79. The van der Waals surface area contributed by atoms with Crippen molar-refractivity contribution in [3.63, 3.8) is 0 Å². The van der Waals surface area contributed by atoms with Crippen molar-refractivity contribution in [3.8, 4) is 5.75 Å². The molecule has 19 heavy (non-hydrogen) atoms. The Bertz CT molecular complexity index is 487. The zero-order chi connectivity index (χ0) is 14.3. The predicted molar refractivity (Wildman–Crippen MR) is 83.6 cm³/mol. The Labute approximate surface area is 116 Å². The number of methoxy groups -OCH3 is 1. The van der Waals surface area contributed by atoms with Gasteiger partial charge in [-0.15, -0.1) is 0 Å². The van der Waals surface area contributed by atoms with Crippen molar-refractivity contribution in [2.24, 2.45) is 0 Å². The number of rotatable bonds is 6. The van der Waals surface area contributed by atoms with Gasteiger partial charge in [0.05, 0.1) is 7.11 Å². The molecule has 0 radical (unpaired) electrons. The quantitative estimate of drug-likeness (QED) is 0.661. The third-order valence-electron chi connectivity index (χ3n) is 3.24. The minimum absolute atomic E-state index is 0.0973. The number of hydrogen-bond acceptors (Lipinski definition) is 1. The first kappa shape index (κ1) is 15.0. The Kier molecular flexibility index (Phi) is 5.37. The molecule has 1 rings (SSSR count). The maximum atomic E-state index is 5.20. The van der Waals surface area contributed by atoms with Gasteiger partial charge in [0.15, 0.2) is 0 Å². The largest absolute Gasteiger partial charge is 0.497 e. The lowest BCUT2D eigenvalue weighted by molar-refractivity contribution is 0.414. The van der Waals surface area contributed by atoms with Crippen molar-refractivity contribution >= 4 is 0 Å². The van der Waals surface area contributed by atoms with Crippen LogP contribution in [0.3, 0.4) is 0 Å². The van der Waals surface area contributed by atoms with E-state index in [-0.39, 0.29) is 5.41 Å². The van der Waals surface area contributed by atoms with Crippen LogP contribution in [0.4, 0.5) is 0 Å². The fourth-order valence-corrected chi connectivity index (χ4v) is 1.95. The van der Waals surface area contributed by atoms with E-state index in [1.54, 1.807) is 13.2 Å². The summed E-state index contributed by atoms with van der Waals surface area (Å²) in [5, 5.41) is 0. The molecule has 0 fully saturated rings. The molecule has 0 N–H and O–H groups in total. The molecule has 0 atom stereocenters. The van der Waals surface area contributed by atoms with Gasteiger partial charge in [-0.1, -0.05) is 69.5 Å². The highest BCUT2D eigenvalue weighted by Crippen LogP contribution is 2.33. The van der Waals surface area contributed by atoms with Crippen LogP contribution in [0.25, 0.3) is 0 Å². The Morgan fingerprint density at radius 3 is 2.21 bits per heavy atom. The molecule has 0 bridgehead atoms. The Balaban J connectivity index is 3.17. The highest BCUT2D eigenvalue weighted by Gasteiger charge is 2.23. The van der Waals surface area contributed by atoms with E-state index in [2.05, 4.69) is 45.2 Å². The smallest absolute Gasteiger partial charge is 0.118 e. The highest BCUT2D eigenvalue weighted by molar-refractivity contribution is 5.43.